The van der Waals surface area contributed by atoms with Crippen molar-refractivity contribution in [1.29, 1.82) is 0 Å². The summed E-state index contributed by atoms with van der Waals surface area (Å²) in [4.78, 5) is 34.7. The molecule has 1 aliphatic rings. The molecule has 0 saturated carbocycles. The topological polar surface area (TPSA) is 166 Å². The normalized spacial score (nSPS) is 12.6. The first-order valence-electron chi connectivity index (χ1n) is 10.8. The Morgan fingerprint density at radius 3 is 2.79 bits per heavy atom. The molecule has 2 aromatic heterocycles. The highest BCUT2D eigenvalue weighted by Gasteiger charge is 2.22. The highest BCUT2D eigenvalue weighted by Crippen LogP contribution is 2.14. The standard InChI is InChI=1S/C21H24N8O5/c30-18(31)2-1-10-28-12-15(24-27-28)13-34-16-5-3-14(4-6-16)20(32)22-8-7-17-25-26-19-21(33)23-9-11-29(17)19/h3-6,12H,1-2,7-11,13H2,(H,22,32)(H,23,33)(H,30,31). The molecule has 13 heteroatoms. The van der Waals surface area contributed by atoms with Gasteiger partial charge in [0.1, 0.15) is 23.9 Å². The summed E-state index contributed by atoms with van der Waals surface area (Å²) in [7, 11) is 0. The molecule has 0 aliphatic carbocycles. The zero-order chi connectivity index (χ0) is 23.9. The van der Waals surface area contributed by atoms with Crippen LogP contribution in [0.4, 0.5) is 0 Å². The number of nitrogens with one attached hydrogen (secondary N) is 2. The summed E-state index contributed by atoms with van der Waals surface area (Å²) in [6.45, 7) is 2.17. The first-order chi connectivity index (χ1) is 16.5. The Balaban J connectivity index is 1.21. The maximum absolute atomic E-state index is 12.4. The molecule has 13 nitrogen and oxygen atoms in total. The van der Waals surface area contributed by atoms with Crippen LogP contribution >= 0.6 is 0 Å². The van der Waals surface area contributed by atoms with Crippen LogP contribution in [0.1, 0.15) is 45.3 Å². The molecular weight excluding hydrogens is 444 g/mol. The quantitative estimate of drug-likeness (QED) is 0.352. The van der Waals surface area contributed by atoms with Gasteiger partial charge in [-0.15, -0.1) is 15.3 Å². The van der Waals surface area contributed by atoms with Crippen molar-refractivity contribution in [3.8, 4) is 5.75 Å². The van der Waals surface area contributed by atoms with E-state index < -0.39 is 5.97 Å². The lowest BCUT2D eigenvalue weighted by Crippen LogP contribution is -2.36. The number of rotatable bonds is 11. The number of aliphatic carboxylic acids is 1. The molecule has 178 valence electrons. The predicted octanol–water partition coefficient (Wildman–Crippen LogP) is 0.0293. The van der Waals surface area contributed by atoms with Gasteiger partial charge in [0, 0.05) is 44.6 Å². The number of hydrogen-bond donors (Lipinski definition) is 3. The van der Waals surface area contributed by atoms with Crippen LogP contribution in [0, 0.1) is 0 Å². The second kappa shape index (κ2) is 10.6. The van der Waals surface area contributed by atoms with E-state index in [1.54, 1.807) is 39.7 Å². The number of benzene rings is 1. The van der Waals surface area contributed by atoms with Crippen LogP contribution in [0.2, 0.25) is 0 Å². The van der Waals surface area contributed by atoms with E-state index in [2.05, 4.69) is 31.1 Å². The van der Waals surface area contributed by atoms with Crippen LogP contribution in [0.3, 0.4) is 0 Å². The van der Waals surface area contributed by atoms with E-state index >= 15 is 0 Å². The average molecular weight is 468 g/mol. The Labute approximate surface area is 194 Å². The average Bonchev–Trinajstić information content (AvgIpc) is 3.46. The molecule has 0 fully saturated rings. The van der Waals surface area contributed by atoms with E-state index in [0.717, 1.165) is 0 Å². The van der Waals surface area contributed by atoms with Crippen molar-refractivity contribution in [2.45, 2.75) is 39.0 Å². The van der Waals surface area contributed by atoms with E-state index in [1.807, 2.05) is 0 Å². The number of amides is 2. The van der Waals surface area contributed by atoms with Gasteiger partial charge in [-0.3, -0.25) is 19.1 Å². The summed E-state index contributed by atoms with van der Waals surface area (Å²) in [5.74, 6) is 0.218. The Hall–Kier alpha value is -4.29. The second-order valence-electron chi connectivity index (χ2n) is 7.64. The number of carboxylic acids is 1. The minimum Gasteiger partial charge on any atom is -0.487 e. The van der Waals surface area contributed by atoms with Crippen LogP contribution in [0.15, 0.2) is 30.5 Å². The molecule has 0 spiro atoms. The molecular formula is C21H24N8O5. The third-order valence-electron chi connectivity index (χ3n) is 5.15. The lowest BCUT2D eigenvalue weighted by molar-refractivity contribution is -0.137. The van der Waals surface area contributed by atoms with Gasteiger partial charge in [-0.2, -0.15) is 0 Å². The molecule has 0 unspecified atom stereocenters. The number of hydrogen-bond acceptors (Lipinski definition) is 8. The molecule has 4 rings (SSSR count). The van der Waals surface area contributed by atoms with Gasteiger partial charge in [0.15, 0.2) is 0 Å². The van der Waals surface area contributed by atoms with Crippen molar-refractivity contribution < 1.29 is 24.2 Å². The Kier molecular flexibility index (Phi) is 7.10. The summed E-state index contributed by atoms with van der Waals surface area (Å²) < 4.78 is 9.03. The zero-order valence-electron chi connectivity index (χ0n) is 18.3. The third kappa shape index (κ3) is 5.74. The highest BCUT2D eigenvalue weighted by atomic mass is 16.5. The molecule has 0 atom stereocenters. The Morgan fingerprint density at radius 1 is 1.18 bits per heavy atom. The smallest absolute Gasteiger partial charge is 0.303 e. The van der Waals surface area contributed by atoms with Crippen LogP contribution < -0.4 is 15.4 Å². The number of aromatic nitrogens is 6. The molecule has 3 aromatic rings. The minimum absolute atomic E-state index is 0.0763. The number of carbonyl (C=O) groups is 3. The largest absolute Gasteiger partial charge is 0.487 e. The van der Waals surface area contributed by atoms with Gasteiger partial charge in [-0.25, -0.2) is 0 Å². The van der Waals surface area contributed by atoms with Crippen LogP contribution in [0.25, 0.3) is 0 Å². The van der Waals surface area contributed by atoms with E-state index in [-0.39, 0.29) is 24.8 Å². The first kappa shape index (κ1) is 22.9. The Morgan fingerprint density at radius 2 is 2.00 bits per heavy atom. The molecule has 2 amide bonds. The molecule has 34 heavy (non-hydrogen) atoms. The monoisotopic (exact) mass is 468 g/mol. The van der Waals surface area contributed by atoms with Crippen LogP contribution in [-0.4, -0.2) is 65.7 Å². The molecule has 1 aliphatic heterocycles. The summed E-state index contributed by atoms with van der Waals surface area (Å²) >= 11 is 0. The van der Waals surface area contributed by atoms with Crippen LogP contribution in [-0.2, 0) is 30.9 Å². The molecule has 1 aromatic carbocycles. The summed E-state index contributed by atoms with van der Waals surface area (Å²) in [6, 6.07) is 6.72. The van der Waals surface area contributed by atoms with Gasteiger partial charge >= 0.3 is 5.97 Å². The van der Waals surface area contributed by atoms with E-state index in [0.29, 0.717) is 67.7 Å². The van der Waals surface area contributed by atoms with Gasteiger partial charge < -0.3 is 25.0 Å². The van der Waals surface area contributed by atoms with Gasteiger partial charge in [0.05, 0.1) is 6.20 Å². The van der Waals surface area contributed by atoms with E-state index in [1.165, 1.54) is 0 Å². The Bertz CT molecular complexity index is 1170. The molecule has 0 saturated heterocycles. The SMILES string of the molecule is O=C(O)CCCn1cc(COc2ccc(C(=O)NCCc3nnc4n3CCNC4=O)cc2)nn1. The number of aryl methyl sites for hydroxylation is 1. The van der Waals surface area contributed by atoms with Gasteiger partial charge in [-0.1, -0.05) is 5.21 Å². The van der Waals surface area contributed by atoms with Crippen LogP contribution in [0.5, 0.6) is 5.75 Å². The van der Waals surface area contributed by atoms with Crippen molar-refractivity contribution in [3.05, 3.63) is 53.4 Å². The number of carbonyl (C=O) groups excluding carboxylic acids is 2. The lowest BCUT2D eigenvalue weighted by Gasteiger charge is -2.15. The fraction of sp³-hybridized carbons (Fsp3) is 0.381. The summed E-state index contributed by atoms with van der Waals surface area (Å²) in [5.41, 5.74) is 1.10. The number of ether oxygens (including phenoxy) is 1. The third-order valence-corrected chi connectivity index (χ3v) is 5.15. The molecule has 0 radical (unpaired) electrons. The fourth-order valence-electron chi connectivity index (χ4n) is 3.44. The lowest BCUT2D eigenvalue weighted by atomic mass is 10.2. The summed E-state index contributed by atoms with van der Waals surface area (Å²) in [6.07, 6.45) is 2.72. The highest BCUT2D eigenvalue weighted by molar-refractivity contribution is 5.94. The van der Waals surface area contributed by atoms with Gasteiger partial charge in [-0.05, 0) is 30.7 Å². The van der Waals surface area contributed by atoms with Crippen molar-refractivity contribution >= 4 is 17.8 Å². The van der Waals surface area contributed by atoms with Gasteiger partial charge in [0.25, 0.3) is 11.8 Å². The second-order valence-corrected chi connectivity index (χ2v) is 7.64. The maximum atomic E-state index is 12.4. The maximum Gasteiger partial charge on any atom is 0.303 e. The first-order valence-corrected chi connectivity index (χ1v) is 10.8. The van der Waals surface area contributed by atoms with Crippen molar-refractivity contribution in [2.75, 3.05) is 13.1 Å². The molecule has 3 N–H and O–H groups in total. The zero-order valence-corrected chi connectivity index (χ0v) is 18.3. The number of carboxylic acid groups (broad SMARTS) is 1. The summed E-state index contributed by atoms with van der Waals surface area (Å²) in [5, 5.41) is 30.1. The van der Waals surface area contributed by atoms with Gasteiger partial charge in [0.2, 0.25) is 5.82 Å². The minimum atomic E-state index is -0.842. The number of nitrogens with zero attached hydrogens (tertiary/aromatic N) is 6. The van der Waals surface area contributed by atoms with E-state index in [4.69, 9.17) is 9.84 Å². The van der Waals surface area contributed by atoms with Crippen molar-refractivity contribution in [1.82, 2.24) is 40.4 Å². The van der Waals surface area contributed by atoms with Crippen molar-refractivity contribution in [3.63, 3.8) is 0 Å². The fourth-order valence-corrected chi connectivity index (χ4v) is 3.44. The van der Waals surface area contributed by atoms with E-state index in [9.17, 15) is 14.4 Å². The number of fused-ring (bicyclic) bond motifs is 1. The molecule has 0 bridgehead atoms. The molecule has 3 heterocycles. The predicted molar refractivity (Wildman–Crippen MR) is 116 cm³/mol. The van der Waals surface area contributed by atoms with Crippen molar-refractivity contribution in [2.24, 2.45) is 0 Å².